The first kappa shape index (κ1) is 16.5. The van der Waals surface area contributed by atoms with Crippen LogP contribution in [0.25, 0.3) is 0 Å². The molecule has 1 N–H and O–H groups in total. The van der Waals surface area contributed by atoms with Crippen molar-refractivity contribution in [1.82, 2.24) is 10.3 Å². The number of aromatic nitrogens is 1. The first-order chi connectivity index (χ1) is 11.8. The average Bonchev–Trinajstić information content (AvgIpc) is 2.63. The Labute approximate surface area is 147 Å². The van der Waals surface area contributed by atoms with E-state index in [1.807, 2.05) is 60.9 Å². The average molecular weight is 339 g/mol. The Kier molecular flexibility index (Phi) is 5.83. The van der Waals surface area contributed by atoms with Gasteiger partial charge in [-0.1, -0.05) is 35.9 Å². The van der Waals surface area contributed by atoms with E-state index in [9.17, 15) is 0 Å². The maximum absolute atomic E-state index is 5.88. The zero-order chi connectivity index (χ0) is 16.6. The molecule has 0 bridgehead atoms. The Morgan fingerprint density at radius 2 is 1.33 bits per heavy atom. The molecule has 0 aliphatic heterocycles. The second-order valence-corrected chi connectivity index (χ2v) is 5.95. The van der Waals surface area contributed by atoms with Crippen LogP contribution < -0.4 is 10.1 Å². The minimum atomic E-state index is 0.539. The Balaban J connectivity index is 1.45. The highest BCUT2D eigenvalue weighted by Gasteiger charge is 1.98. The quantitative estimate of drug-likeness (QED) is 0.683. The summed E-state index contributed by atoms with van der Waals surface area (Å²) in [6.45, 7) is 2.19. The van der Waals surface area contributed by atoms with Gasteiger partial charge in [0.05, 0.1) is 0 Å². The summed E-state index contributed by atoms with van der Waals surface area (Å²) in [7, 11) is 0. The van der Waals surface area contributed by atoms with Crippen molar-refractivity contribution in [3.8, 4) is 5.75 Å². The van der Waals surface area contributed by atoms with E-state index in [-0.39, 0.29) is 0 Å². The van der Waals surface area contributed by atoms with Crippen LogP contribution in [-0.4, -0.2) is 4.98 Å². The molecule has 0 atom stereocenters. The van der Waals surface area contributed by atoms with Gasteiger partial charge in [-0.2, -0.15) is 0 Å². The molecule has 0 aliphatic carbocycles. The number of halogens is 1. The lowest BCUT2D eigenvalue weighted by molar-refractivity contribution is 0.306. The van der Waals surface area contributed by atoms with Gasteiger partial charge in [0.25, 0.3) is 0 Å². The van der Waals surface area contributed by atoms with Crippen molar-refractivity contribution in [3.05, 3.63) is 94.8 Å². The number of ether oxygens (including phenoxy) is 1. The lowest BCUT2D eigenvalue weighted by Gasteiger charge is -2.08. The van der Waals surface area contributed by atoms with Gasteiger partial charge < -0.3 is 10.1 Å². The fourth-order valence-electron chi connectivity index (χ4n) is 2.30. The number of rotatable bonds is 7. The van der Waals surface area contributed by atoms with E-state index in [2.05, 4.69) is 22.4 Å². The first-order valence-corrected chi connectivity index (χ1v) is 8.23. The third-order valence-corrected chi connectivity index (χ3v) is 3.90. The van der Waals surface area contributed by atoms with E-state index in [0.29, 0.717) is 6.61 Å². The van der Waals surface area contributed by atoms with Crippen molar-refractivity contribution in [3.63, 3.8) is 0 Å². The summed E-state index contributed by atoms with van der Waals surface area (Å²) in [5, 5.41) is 4.16. The molecular formula is C20H19ClN2O. The van der Waals surface area contributed by atoms with Crippen LogP contribution in [0.5, 0.6) is 5.75 Å². The second-order valence-electron chi connectivity index (χ2n) is 5.52. The van der Waals surface area contributed by atoms with Crippen LogP contribution >= 0.6 is 11.6 Å². The molecular weight excluding hydrogens is 320 g/mol. The SMILES string of the molecule is Clc1ccc(COc2ccc(CNCc3ccncc3)cc2)cc1. The number of nitrogens with one attached hydrogen (secondary N) is 1. The minimum Gasteiger partial charge on any atom is -0.489 e. The normalized spacial score (nSPS) is 10.5. The van der Waals surface area contributed by atoms with E-state index < -0.39 is 0 Å². The highest BCUT2D eigenvalue weighted by molar-refractivity contribution is 6.30. The molecule has 1 heterocycles. The molecule has 0 amide bonds. The molecule has 0 radical (unpaired) electrons. The van der Waals surface area contributed by atoms with E-state index in [0.717, 1.165) is 29.4 Å². The van der Waals surface area contributed by atoms with Gasteiger partial charge in [-0.15, -0.1) is 0 Å². The molecule has 24 heavy (non-hydrogen) atoms. The largest absolute Gasteiger partial charge is 0.489 e. The summed E-state index contributed by atoms with van der Waals surface area (Å²) < 4.78 is 5.79. The molecule has 0 saturated carbocycles. The molecule has 3 nitrogen and oxygen atoms in total. The summed E-state index contributed by atoms with van der Waals surface area (Å²) in [6.07, 6.45) is 3.62. The van der Waals surface area contributed by atoms with E-state index >= 15 is 0 Å². The Morgan fingerprint density at radius 1 is 0.750 bits per heavy atom. The molecule has 0 saturated heterocycles. The number of hydrogen-bond acceptors (Lipinski definition) is 3. The number of hydrogen-bond donors (Lipinski definition) is 1. The molecule has 0 fully saturated rings. The smallest absolute Gasteiger partial charge is 0.119 e. The highest BCUT2D eigenvalue weighted by Crippen LogP contribution is 2.15. The summed E-state index contributed by atoms with van der Waals surface area (Å²) in [4.78, 5) is 4.02. The van der Waals surface area contributed by atoms with Crippen molar-refractivity contribution in [2.45, 2.75) is 19.7 Å². The van der Waals surface area contributed by atoms with Crippen molar-refractivity contribution in [2.24, 2.45) is 0 Å². The monoisotopic (exact) mass is 338 g/mol. The van der Waals surface area contributed by atoms with Crippen LogP contribution in [-0.2, 0) is 19.7 Å². The molecule has 3 rings (SSSR count). The predicted molar refractivity (Wildman–Crippen MR) is 97.0 cm³/mol. The second kappa shape index (κ2) is 8.48. The lowest BCUT2D eigenvalue weighted by atomic mass is 10.2. The minimum absolute atomic E-state index is 0.539. The number of nitrogens with zero attached hydrogens (tertiary/aromatic N) is 1. The fourth-order valence-corrected chi connectivity index (χ4v) is 2.43. The van der Waals surface area contributed by atoms with Gasteiger partial charge >= 0.3 is 0 Å². The van der Waals surface area contributed by atoms with Gasteiger partial charge in [0.1, 0.15) is 12.4 Å². The molecule has 3 aromatic rings. The molecule has 4 heteroatoms. The maximum atomic E-state index is 5.88. The van der Waals surface area contributed by atoms with Crippen LogP contribution in [0.15, 0.2) is 73.1 Å². The standard InChI is InChI=1S/C20H19ClN2O/c21-19-5-1-18(2-6-19)15-24-20-7-3-16(4-8-20)13-23-14-17-9-11-22-12-10-17/h1-12,23H,13-15H2. The zero-order valence-corrected chi connectivity index (χ0v) is 14.0. The van der Waals surface area contributed by atoms with E-state index in [1.54, 1.807) is 0 Å². The topological polar surface area (TPSA) is 34.1 Å². The van der Waals surface area contributed by atoms with Gasteiger partial charge in [0, 0.05) is 30.5 Å². The molecule has 2 aromatic carbocycles. The first-order valence-electron chi connectivity index (χ1n) is 7.85. The Bertz CT molecular complexity index is 743. The Hall–Kier alpha value is -2.36. The van der Waals surface area contributed by atoms with Gasteiger partial charge in [0.15, 0.2) is 0 Å². The van der Waals surface area contributed by atoms with Crippen molar-refractivity contribution >= 4 is 11.6 Å². The van der Waals surface area contributed by atoms with Crippen LogP contribution in [0.4, 0.5) is 0 Å². The molecule has 0 unspecified atom stereocenters. The third kappa shape index (κ3) is 5.08. The maximum Gasteiger partial charge on any atom is 0.119 e. The summed E-state index contributed by atoms with van der Waals surface area (Å²) in [5.74, 6) is 0.864. The van der Waals surface area contributed by atoms with Crippen LogP contribution in [0.3, 0.4) is 0 Å². The van der Waals surface area contributed by atoms with Crippen molar-refractivity contribution < 1.29 is 4.74 Å². The Morgan fingerprint density at radius 3 is 2.00 bits per heavy atom. The number of pyridine rings is 1. The molecule has 0 aliphatic rings. The van der Waals surface area contributed by atoms with Crippen molar-refractivity contribution in [1.29, 1.82) is 0 Å². The molecule has 0 spiro atoms. The summed E-state index contributed by atoms with van der Waals surface area (Å²) in [6, 6.07) is 19.9. The van der Waals surface area contributed by atoms with Crippen LogP contribution in [0, 0.1) is 0 Å². The van der Waals surface area contributed by atoms with Gasteiger partial charge in [-0.05, 0) is 53.1 Å². The van der Waals surface area contributed by atoms with Gasteiger partial charge in [0.2, 0.25) is 0 Å². The van der Waals surface area contributed by atoms with E-state index in [1.165, 1.54) is 11.1 Å². The van der Waals surface area contributed by atoms with Crippen molar-refractivity contribution in [2.75, 3.05) is 0 Å². The van der Waals surface area contributed by atoms with Gasteiger partial charge in [-0.25, -0.2) is 0 Å². The molecule has 122 valence electrons. The summed E-state index contributed by atoms with van der Waals surface area (Å²) in [5.41, 5.74) is 3.55. The van der Waals surface area contributed by atoms with E-state index in [4.69, 9.17) is 16.3 Å². The lowest BCUT2D eigenvalue weighted by Crippen LogP contribution is -2.12. The van der Waals surface area contributed by atoms with Crippen LogP contribution in [0.1, 0.15) is 16.7 Å². The third-order valence-electron chi connectivity index (χ3n) is 3.65. The highest BCUT2D eigenvalue weighted by atomic mass is 35.5. The molecule has 1 aromatic heterocycles. The number of benzene rings is 2. The summed E-state index contributed by atoms with van der Waals surface area (Å²) >= 11 is 5.88. The van der Waals surface area contributed by atoms with Crippen LogP contribution in [0.2, 0.25) is 5.02 Å². The fraction of sp³-hybridized carbons (Fsp3) is 0.150. The predicted octanol–water partition coefficient (Wildman–Crippen LogP) is 4.60. The van der Waals surface area contributed by atoms with Gasteiger partial charge in [-0.3, -0.25) is 4.98 Å². The zero-order valence-electron chi connectivity index (χ0n) is 13.3.